The van der Waals surface area contributed by atoms with Crippen LogP contribution in [0.25, 0.3) is 0 Å². The molecule has 2 bridgehead atoms. The van der Waals surface area contributed by atoms with E-state index in [1.165, 1.54) is 18.2 Å². The Balaban J connectivity index is 1.78. The molecule has 2 aliphatic rings. The van der Waals surface area contributed by atoms with Crippen LogP contribution in [0.1, 0.15) is 36.0 Å². The molecule has 7 heteroatoms. The fourth-order valence-electron chi connectivity index (χ4n) is 3.63. The van der Waals surface area contributed by atoms with Crippen LogP contribution in [0.3, 0.4) is 0 Å². The Hall–Kier alpha value is -1.76. The predicted octanol–water partition coefficient (Wildman–Crippen LogP) is 3.37. The van der Waals surface area contributed by atoms with E-state index in [2.05, 4.69) is 4.74 Å². The first-order valence-electron chi connectivity index (χ1n) is 7.58. The molecular formula is C16H18F3NO3. The van der Waals surface area contributed by atoms with Crippen LogP contribution >= 0.6 is 0 Å². The SMILES string of the molecule is COC1CC2CCC(C1)N2C(=O)c1cccc(OC(F)(F)F)c1. The summed E-state index contributed by atoms with van der Waals surface area (Å²) in [6, 6.07) is 5.45. The summed E-state index contributed by atoms with van der Waals surface area (Å²) in [4.78, 5) is 14.5. The largest absolute Gasteiger partial charge is 0.573 e. The Bertz CT molecular complexity index is 576. The number of benzene rings is 1. The number of piperidine rings is 1. The van der Waals surface area contributed by atoms with Crippen LogP contribution in [0.5, 0.6) is 5.75 Å². The van der Waals surface area contributed by atoms with Crippen molar-refractivity contribution in [2.75, 3.05) is 7.11 Å². The average molecular weight is 329 g/mol. The van der Waals surface area contributed by atoms with Crippen molar-refractivity contribution in [3.8, 4) is 5.75 Å². The molecule has 1 aromatic rings. The quantitative estimate of drug-likeness (QED) is 0.853. The lowest BCUT2D eigenvalue weighted by atomic mass is 9.98. The number of ether oxygens (including phenoxy) is 2. The molecule has 0 aliphatic carbocycles. The van der Waals surface area contributed by atoms with E-state index in [1.807, 2.05) is 4.90 Å². The Morgan fingerprint density at radius 1 is 1.22 bits per heavy atom. The number of hydrogen-bond acceptors (Lipinski definition) is 3. The zero-order chi connectivity index (χ0) is 16.6. The van der Waals surface area contributed by atoms with Gasteiger partial charge in [0, 0.05) is 24.8 Å². The highest BCUT2D eigenvalue weighted by molar-refractivity contribution is 5.95. The van der Waals surface area contributed by atoms with Crippen LogP contribution in [-0.2, 0) is 4.74 Å². The molecule has 3 rings (SSSR count). The van der Waals surface area contributed by atoms with Crippen molar-refractivity contribution in [3.63, 3.8) is 0 Å². The standard InChI is InChI=1S/C16H18F3NO3/c1-22-14-8-11-5-6-12(9-14)20(11)15(21)10-3-2-4-13(7-10)23-16(17,18)19/h2-4,7,11-12,14H,5-6,8-9H2,1H3. The van der Waals surface area contributed by atoms with Crippen molar-refractivity contribution in [3.05, 3.63) is 29.8 Å². The van der Waals surface area contributed by atoms with Crippen molar-refractivity contribution in [2.24, 2.45) is 0 Å². The molecule has 0 N–H and O–H groups in total. The van der Waals surface area contributed by atoms with Crippen LogP contribution < -0.4 is 4.74 Å². The van der Waals surface area contributed by atoms with E-state index in [0.717, 1.165) is 31.7 Å². The van der Waals surface area contributed by atoms with Crippen LogP contribution in [0.15, 0.2) is 24.3 Å². The van der Waals surface area contributed by atoms with E-state index in [9.17, 15) is 18.0 Å². The average Bonchev–Trinajstić information content (AvgIpc) is 2.75. The van der Waals surface area contributed by atoms with Gasteiger partial charge in [-0.15, -0.1) is 13.2 Å². The van der Waals surface area contributed by atoms with Crippen LogP contribution in [0.4, 0.5) is 13.2 Å². The first-order valence-corrected chi connectivity index (χ1v) is 7.58. The minimum atomic E-state index is -4.77. The van der Waals surface area contributed by atoms with E-state index in [-0.39, 0.29) is 35.4 Å². The zero-order valence-corrected chi connectivity index (χ0v) is 12.7. The summed E-state index contributed by atoms with van der Waals surface area (Å²) in [6.07, 6.45) is -1.24. The maximum Gasteiger partial charge on any atom is 0.573 e. The third-order valence-electron chi connectivity index (χ3n) is 4.57. The van der Waals surface area contributed by atoms with Gasteiger partial charge in [0.1, 0.15) is 5.75 Å². The van der Waals surface area contributed by atoms with E-state index in [0.29, 0.717) is 0 Å². The van der Waals surface area contributed by atoms with Gasteiger partial charge in [-0.25, -0.2) is 0 Å². The molecule has 4 nitrogen and oxygen atoms in total. The highest BCUT2D eigenvalue weighted by Gasteiger charge is 2.43. The van der Waals surface area contributed by atoms with Gasteiger partial charge in [0.15, 0.2) is 0 Å². The molecule has 2 aliphatic heterocycles. The topological polar surface area (TPSA) is 38.8 Å². The number of methoxy groups -OCH3 is 1. The lowest BCUT2D eigenvalue weighted by molar-refractivity contribution is -0.274. The number of rotatable bonds is 3. The second-order valence-electron chi connectivity index (χ2n) is 6.00. The molecular weight excluding hydrogens is 311 g/mol. The van der Waals surface area contributed by atoms with Crippen molar-refractivity contribution in [1.29, 1.82) is 0 Å². The van der Waals surface area contributed by atoms with Gasteiger partial charge >= 0.3 is 6.36 Å². The molecule has 0 aromatic heterocycles. The van der Waals surface area contributed by atoms with Crippen molar-refractivity contribution < 1.29 is 27.4 Å². The molecule has 2 fully saturated rings. The van der Waals surface area contributed by atoms with Crippen molar-refractivity contribution in [2.45, 2.75) is 50.2 Å². The number of fused-ring (bicyclic) bond motifs is 2. The number of carbonyl (C=O) groups is 1. The fraction of sp³-hybridized carbons (Fsp3) is 0.562. The van der Waals surface area contributed by atoms with Gasteiger partial charge in [0.05, 0.1) is 6.10 Å². The van der Waals surface area contributed by atoms with Gasteiger partial charge in [-0.3, -0.25) is 4.79 Å². The predicted molar refractivity (Wildman–Crippen MR) is 76.1 cm³/mol. The Morgan fingerprint density at radius 2 is 1.87 bits per heavy atom. The van der Waals surface area contributed by atoms with E-state index in [4.69, 9.17) is 4.74 Å². The molecule has 1 aromatic carbocycles. The van der Waals surface area contributed by atoms with Gasteiger partial charge in [-0.05, 0) is 43.9 Å². The van der Waals surface area contributed by atoms with Gasteiger partial charge in [0.25, 0.3) is 5.91 Å². The third-order valence-corrected chi connectivity index (χ3v) is 4.57. The second-order valence-corrected chi connectivity index (χ2v) is 6.00. The number of carbonyl (C=O) groups excluding carboxylic acids is 1. The highest BCUT2D eigenvalue weighted by Crippen LogP contribution is 2.38. The van der Waals surface area contributed by atoms with Gasteiger partial charge in [-0.2, -0.15) is 0 Å². The van der Waals surface area contributed by atoms with E-state index >= 15 is 0 Å². The molecule has 126 valence electrons. The van der Waals surface area contributed by atoms with E-state index in [1.54, 1.807) is 7.11 Å². The number of alkyl halides is 3. The molecule has 1 amide bonds. The molecule has 2 saturated heterocycles. The summed E-state index contributed by atoms with van der Waals surface area (Å²) < 4.78 is 46.2. The molecule has 2 unspecified atom stereocenters. The van der Waals surface area contributed by atoms with Crippen molar-refractivity contribution >= 4 is 5.91 Å². The Kier molecular flexibility index (Phi) is 4.23. The number of halogens is 3. The molecule has 0 radical (unpaired) electrons. The van der Waals surface area contributed by atoms with Gasteiger partial charge < -0.3 is 14.4 Å². The summed E-state index contributed by atoms with van der Waals surface area (Å²) in [6.45, 7) is 0. The van der Waals surface area contributed by atoms with E-state index < -0.39 is 6.36 Å². The number of hydrogen-bond donors (Lipinski definition) is 0. The molecule has 0 spiro atoms. The Labute approximate surface area is 132 Å². The first-order chi connectivity index (χ1) is 10.9. The maximum absolute atomic E-state index is 12.7. The van der Waals surface area contributed by atoms with Gasteiger partial charge in [-0.1, -0.05) is 6.07 Å². The van der Waals surface area contributed by atoms with Crippen molar-refractivity contribution in [1.82, 2.24) is 4.90 Å². The monoisotopic (exact) mass is 329 g/mol. The molecule has 2 atom stereocenters. The van der Waals surface area contributed by atoms with Gasteiger partial charge in [0.2, 0.25) is 0 Å². The normalized spacial score (nSPS) is 27.1. The van der Waals surface area contributed by atoms with Crippen LogP contribution in [0.2, 0.25) is 0 Å². The number of nitrogens with zero attached hydrogens (tertiary/aromatic N) is 1. The number of amides is 1. The van der Waals surface area contributed by atoms with Crippen LogP contribution in [-0.4, -0.2) is 42.5 Å². The zero-order valence-electron chi connectivity index (χ0n) is 12.7. The lowest BCUT2D eigenvalue weighted by Gasteiger charge is -2.38. The maximum atomic E-state index is 12.7. The second kappa shape index (κ2) is 6.03. The molecule has 2 heterocycles. The minimum absolute atomic E-state index is 0.0957. The highest BCUT2D eigenvalue weighted by atomic mass is 19.4. The fourth-order valence-corrected chi connectivity index (χ4v) is 3.63. The summed E-state index contributed by atoms with van der Waals surface area (Å²) in [5, 5.41) is 0. The summed E-state index contributed by atoms with van der Waals surface area (Å²) in [7, 11) is 1.67. The first kappa shape index (κ1) is 16.1. The summed E-state index contributed by atoms with van der Waals surface area (Å²) in [5.74, 6) is -0.609. The smallest absolute Gasteiger partial charge is 0.406 e. The summed E-state index contributed by atoms with van der Waals surface area (Å²) in [5.41, 5.74) is 0.222. The third kappa shape index (κ3) is 3.44. The minimum Gasteiger partial charge on any atom is -0.406 e. The molecule has 23 heavy (non-hydrogen) atoms. The van der Waals surface area contributed by atoms with Crippen LogP contribution in [0, 0.1) is 0 Å². The Morgan fingerprint density at radius 3 is 2.43 bits per heavy atom. The lowest BCUT2D eigenvalue weighted by Crippen LogP contribution is -2.48. The summed E-state index contributed by atoms with van der Waals surface area (Å²) >= 11 is 0. The molecule has 0 saturated carbocycles.